The lowest BCUT2D eigenvalue weighted by molar-refractivity contribution is -0.384. The van der Waals surface area contributed by atoms with E-state index in [9.17, 15) is 19.7 Å². The summed E-state index contributed by atoms with van der Waals surface area (Å²) in [5.74, 6) is -0.0497. The van der Waals surface area contributed by atoms with Crippen LogP contribution in [0.15, 0.2) is 47.6 Å². The third-order valence-corrected chi connectivity index (χ3v) is 6.53. The molecule has 0 aliphatic rings. The summed E-state index contributed by atoms with van der Waals surface area (Å²) >= 11 is 7.19. The fourth-order valence-corrected chi connectivity index (χ4v) is 4.10. The Morgan fingerprint density at radius 1 is 1.17 bits per heavy atom. The highest BCUT2D eigenvalue weighted by Gasteiger charge is 2.25. The van der Waals surface area contributed by atoms with Crippen LogP contribution >= 0.6 is 23.4 Å². The van der Waals surface area contributed by atoms with E-state index in [0.717, 1.165) is 17.3 Å². The van der Waals surface area contributed by atoms with E-state index in [1.165, 1.54) is 18.2 Å². The highest BCUT2D eigenvalue weighted by molar-refractivity contribution is 7.99. The van der Waals surface area contributed by atoms with Crippen LogP contribution in [0.25, 0.3) is 0 Å². The molecule has 2 N–H and O–H groups in total. The number of nitrogens with zero attached hydrogens (tertiary/aromatic N) is 4. The average Bonchev–Trinajstić information content (AvgIpc) is 3.17. The average molecular weight is 517 g/mol. The number of amides is 2. The molecule has 0 saturated carbocycles. The zero-order valence-electron chi connectivity index (χ0n) is 19.6. The molecule has 0 fully saturated rings. The first-order valence-electron chi connectivity index (χ1n) is 10.7. The zero-order valence-corrected chi connectivity index (χ0v) is 21.2. The number of nitro benzene ring substituents is 1. The van der Waals surface area contributed by atoms with Gasteiger partial charge in [0.1, 0.15) is 0 Å². The first-order valence-corrected chi connectivity index (χ1v) is 12.1. The Bertz CT molecular complexity index is 1250. The maximum Gasteiger partial charge on any atom is 0.271 e. The van der Waals surface area contributed by atoms with Gasteiger partial charge in [-0.3, -0.25) is 19.7 Å². The number of aromatic nitrogens is 3. The molecule has 2 aromatic carbocycles. The van der Waals surface area contributed by atoms with Crippen molar-refractivity contribution in [2.24, 2.45) is 13.0 Å². The lowest BCUT2D eigenvalue weighted by Gasteiger charge is -2.21. The lowest BCUT2D eigenvalue weighted by Crippen LogP contribution is -2.33. The minimum atomic E-state index is -0.565. The standard InChI is InChI=1S/C23H25ClN6O4S/c1-13(2)20(26-22(32)15-7-5-14(3)6-8-15)21-27-28-23(29(21)4)35-12-19(31)25-18-11-16(30(33)34)9-10-17(18)24/h5-11,13,20H,12H2,1-4H3,(H,25,31)(H,26,32)/t20-/m1/s1. The molecule has 3 rings (SSSR count). The minimum Gasteiger partial charge on any atom is -0.342 e. The molecule has 184 valence electrons. The predicted octanol–water partition coefficient (Wildman–Crippen LogP) is 4.54. The summed E-state index contributed by atoms with van der Waals surface area (Å²) in [7, 11) is 1.76. The second-order valence-corrected chi connectivity index (χ2v) is 9.57. The van der Waals surface area contributed by atoms with Gasteiger partial charge in [-0.1, -0.05) is 54.9 Å². The Balaban J connectivity index is 1.67. The third-order valence-electron chi connectivity index (χ3n) is 5.18. The Morgan fingerprint density at radius 2 is 1.86 bits per heavy atom. The smallest absolute Gasteiger partial charge is 0.271 e. The van der Waals surface area contributed by atoms with E-state index >= 15 is 0 Å². The maximum absolute atomic E-state index is 12.8. The first-order chi connectivity index (χ1) is 16.6. The quantitative estimate of drug-likeness (QED) is 0.242. The molecule has 35 heavy (non-hydrogen) atoms. The van der Waals surface area contributed by atoms with Crippen LogP contribution in [-0.4, -0.2) is 37.3 Å². The van der Waals surface area contributed by atoms with E-state index < -0.39 is 16.9 Å². The van der Waals surface area contributed by atoms with Gasteiger partial charge in [0.05, 0.1) is 27.4 Å². The molecule has 0 bridgehead atoms. The molecule has 0 spiro atoms. The molecule has 1 aromatic heterocycles. The van der Waals surface area contributed by atoms with Gasteiger partial charge in [-0.2, -0.15) is 0 Å². The van der Waals surface area contributed by atoms with Gasteiger partial charge in [0.15, 0.2) is 11.0 Å². The van der Waals surface area contributed by atoms with Crippen molar-refractivity contribution >= 4 is 46.6 Å². The summed E-state index contributed by atoms with van der Waals surface area (Å²) in [5, 5.41) is 25.7. The van der Waals surface area contributed by atoms with Crippen molar-refractivity contribution in [2.45, 2.75) is 32.0 Å². The molecule has 10 nitrogen and oxygen atoms in total. The van der Waals surface area contributed by atoms with Crippen LogP contribution in [0, 0.1) is 23.0 Å². The van der Waals surface area contributed by atoms with Crippen molar-refractivity contribution in [2.75, 3.05) is 11.1 Å². The minimum absolute atomic E-state index is 0.0208. The number of hydrogen-bond donors (Lipinski definition) is 2. The van der Waals surface area contributed by atoms with Gasteiger partial charge in [-0.05, 0) is 31.0 Å². The monoisotopic (exact) mass is 516 g/mol. The molecule has 1 atom stereocenters. The fourth-order valence-electron chi connectivity index (χ4n) is 3.22. The molecule has 0 aliphatic carbocycles. The van der Waals surface area contributed by atoms with E-state index in [2.05, 4.69) is 20.8 Å². The molecule has 3 aromatic rings. The van der Waals surface area contributed by atoms with Gasteiger partial charge in [0, 0.05) is 24.7 Å². The molecule has 0 radical (unpaired) electrons. The fraction of sp³-hybridized carbons (Fsp3) is 0.304. The zero-order chi connectivity index (χ0) is 25.7. The van der Waals surface area contributed by atoms with E-state index in [-0.39, 0.29) is 34.0 Å². The molecule has 12 heteroatoms. The van der Waals surface area contributed by atoms with Crippen LogP contribution < -0.4 is 10.6 Å². The topological polar surface area (TPSA) is 132 Å². The first kappa shape index (κ1) is 26.2. The maximum atomic E-state index is 12.8. The summed E-state index contributed by atoms with van der Waals surface area (Å²) in [6.45, 7) is 5.89. The normalized spacial score (nSPS) is 11.8. The van der Waals surface area contributed by atoms with Crippen molar-refractivity contribution in [3.8, 4) is 0 Å². The number of benzene rings is 2. The number of anilines is 1. The summed E-state index contributed by atoms with van der Waals surface area (Å²) in [5.41, 5.74) is 1.59. The van der Waals surface area contributed by atoms with Gasteiger partial charge in [0.25, 0.3) is 11.6 Å². The van der Waals surface area contributed by atoms with Crippen LogP contribution in [0.4, 0.5) is 11.4 Å². The summed E-state index contributed by atoms with van der Waals surface area (Å²) in [4.78, 5) is 35.6. The van der Waals surface area contributed by atoms with Crippen molar-refractivity contribution in [1.82, 2.24) is 20.1 Å². The number of hydrogen-bond acceptors (Lipinski definition) is 7. The largest absolute Gasteiger partial charge is 0.342 e. The molecule has 0 aliphatic heterocycles. The van der Waals surface area contributed by atoms with Crippen LogP contribution in [0.2, 0.25) is 5.02 Å². The van der Waals surface area contributed by atoms with Crippen LogP contribution in [0.1, 0.15) is 41.6 Å². The third kappa shape index (κ3) is 6.58. The van der Waals surface area contributed by atoms with Crippen molar-refractivity contribution in [3.63, 3.8) is 0 Å². The van der Waals surface area contributed by atoms with Gasteiger partial charge >= 0.3 is 0 Å². The van der Waals surface area contributed by atoms with E-state index in [0.29, 0.717) is 16.5 Å². The number of aryl methyl sites for hydroxylation is 1. The van der Waals surface area contributed by atoms with Gasteiger partial charge in [0.2, 0.25) is 5.91 Å². The number of carbonyl (C=O) groups is 2. The molecule has 1 heterocycles. The number of rotatable bonds is 9. The van der Waals surface area contributed by atoms with Gasteiger partial charge < -0.3 is 15.2 Å². The molecule has 0 unspecified atom stereocenters. The number of non-ortho nitro benzene ring substituents is 1. The Kier molecular flexibility index (Phi) is 8.47. The van der Waals surface area contributed by atoms with Gasteiger partial charge in [-0.15, -0.1) is 10.2 Å². The van der Waals surface area contributed by atoms with E-state index in [4.69, 9.17) is 11.6 Å². The number of nitro groups is 1. The summed E-state index contributed by atoms with van der Waals surface area (Å²) in [6, 6.07) is 10.7. The molecule has 0 saturated heterocycles. The Morgan fingerprint density at radius 3 is 2.49 bits per heavy atom. The number of halogens is 1. The Hall–Kier alpha value is -3.44. The molecular weight excluding hydrogens is 492 g/mol. The number of thioether (sulfide) groups is 1. The van der Waals surface area contributed by atoms with Gasteiger partial charge in [-0.25, -0.2) is 0 Å². The van der Waals surface area contributed by atoms with Crippen molar-refractivity contribution < 1.29 is 14.5 Å². The van der Waals surface area contributed by atoms with E-state index in [1.54, 1.807) is 23.7 Å². The molecule has 2 amide bonds. The SMILES string of the molecule is Cc1ccc(C(=O)N[C@@H](c2nnc(SCC(=O)Nc3cc([N+](=O)[O-])ccc3Cl)n2C)C(C)C)cc1. The molecular formula is C23H25ClN6O4S. The van der Waals surface area contributed by atoms with Crippen LogP contribution in [0.5, 0.6) is 0 Å². The Labute approximate surface area is 211 Å². The number of carbonyl (C=O) groups excluding carboxylic acids is 2. The second-order valence-electron chi connectivity index (χ2n) is 8.22. The van der Waals surface area contributed by atoms with Crippen LogP contribution in [-0.2, 0) is 11.8 Å². The number of nitrogens with one attached hydrogen (secondary N) is 2. The lowest BCUT2D eigenvalue weighted by atomic mass is 10.0. The van der Waals surface area contributed by atoms with Crippen molar-refractivity contribution in [3.05, 3.63) is 74.6 Å². The summed E-state index contributed by atoms with van der Waals surface area (Å²) in [6.07, 6.45) is 0. The highest BCUT2D eigenvalue weighted by Crippen LogP contribution is 2.28. The summed E-state index contributed by atoms with van der Waals surface area (Å²) < 4.78 is 1.73. The second kappa shape index (κ2) is 11.3. The highest BCUT2D eigenvalue weighted by atomic mass is 35.5. The van der Waals surface area contributed by atoms with Crippen LogP contribution in [0.3, 0.4) is 0 Å². The van der Waals surface area contributed by atoms with E-state index in [1.807, 2.05) is 32.9 Å². The predicted molar refractivity (Wildman–Crippen MR) is 135 cm³/mol. The van der Waals surface area contributed by atoms with Crippen molar-refractivity contribution in [1.29, 1.82) is 0 Å².